The van der Waals surface area contributed by atoms with Gasteiger partial charge in [-0.05, 0) is 12.1 Å². The molecule has 8 heteroatoms. The molecule has 0 aliphatic carbocycles. The van der Waals surface area contributed by atoms with Gasteiger partial charge in [-0.25, -0.2) is 4.79 Å². The maximum Gasteiger partial charge on any atom is 0.449 e. The first-order valence-corrected chi connectivity index (χ1v) is 4.25. The predicted molar refractivity (Wildman–Crippen MR) is 46.2 cm³/mol. The van der Waals surface area contributed by atoms with E-state index < -0.39 is 17.9 Å². The number of nitrogens with zero attached hydrogens (tertiary/aromatic N) is 1. The lowest BCUT2D eigenvalue weighted by molar-refractivity contribution is -0.152. The summed E-state index contributed by atoms with van der Waals surface area (Å²) in [6.07, 6.45) is -3.75. The number of aromatic carboxylic acids is 1. The van der Waals surface area contributed by atoms with Crippen LogP contribution in [-0.2, 0) is 6.18 Å². The number of halogens is 3. The third-order valence-corrected chi connectivity index (χ3v) is 1.91. The molecule has 90 valence electrons. The number of hydrogen-bond acceptors (Lipinski definition) is 4. The molecule has 2 rings (SSSR count). The van der Waals surface area contributed by atoms with Gasteiger partial charge in [-0.3, -0.25) is 0 Å². The molecule has 0 aliphatic rings. The number of rotatable bonds is 2. The Hall–Kier alpha value is -2.25. The Labute approximate surface area is 91.4 Å². The number of carboxylic acid groups (broad SMARTS) is 1. The second kappa shape index (κ2) is 3.65. The zero-order chi connectivity index (χ0) is 12.6. The minimum Gasteiger partial charge on any atom is -0.477 e. The van der Waals surface area contributed by atoms with E-state index in [1.54, 1.807) is 0 Å². The molecule has 0 fully saturated rings. The summed E-state index contributed by atoms with van der Waals surface area (Å²) in [4.78, 5) is 10.7. The maximum atomic E-state index is 12.2. The molecule has 0 saturated carbocycles. The zero-order valence-electron chi connectivity index (χ0n) is 7.99. The van der Waals surface area contributed by atoms with Gasteiger partial charge in [0.2, 0.25) is 11.5 Å². The quantitative estimate of drug-likeness (QED) is 0.882. The van der Waals surface area contributed by atoms with E-state index in [4.69, 9.17) is 5.11 Å². The molecule has 17 heavy (non-hydrogen) atoms. The van der Waals surface area contributed by atoms with Crippen LogP contribution in [0.25, 0.3) is 11.5 Å². The Bertz CT molecular complexity index is 555. The third-order valence-electron chi connectivity index (χ3n) is 1.91. The van der Waals surface area contributed by atoms with Crippen molar-refractivity contribution in [3.05, 3.63) is 29.7 Å². The van der Waals surface area contributed by atoms with E-state index in [0.29, 0.717) is 6.07 Å². The molecule has 0 bridgehead atoms. The highest BCUT2D eigenvalue weighted by Crippen LogP contribution is 2.34. The SMILES string of the molecule is O=C(O)c1cnoc1-c1ccc(C(F)(F)F)o1. The molecular formula is C9H4F3NO4. The van der Waals surface area contributed by atoms with Crippen LogP contribution in [0.3, 0.4) is 0 Å². The van der Waals surface area contributed by atoms with Crippen molar-refractivity contribution in [3.8, 4) is 11.5 Å². The second-order valence-corrected chi connectivity index (χ2v) is 3.04. The van der Waals surface area contributed by atoms with Crippen LogP contribution in [0.2, 0.25) is 0 Å². The lowest BCUT2D eigenvalue weighted by Gasteiger charge is -2.00. The highest BCUT2D eigenvalue weighted by molar-refractivity contribution is 5.93. The van der Waals surface area contributed by atoms with Crippen LogP contribution in [0, 0.1) is 0 Å². The van der Waals surface area contributed by atoms with Crippen molar-refractivity contribution in [2.45, 2.75) is 6.18 Å². The first-order chi connectivity index (χ1) is 7.89. The zero-order valence-corrected chi connectivity index (χ0v) is 7.99. The summed E-state index contributed by atoms with van der Waals surface area (Å²) < 4.78 is 45.7. The molecule has 0 atom stereocenters. The summed E-state index contributed by atoms with van der Waals surface area (Å²) in [6, 6.07) is 1.65. The highest BCUT2D eigenvalue weighted by atomic mass is 19.4. The highest BCUT2D eigenvalue weighted by Gasteiger charge is 2.35. The van der Waals surface area contributed by atoms with Crippen LogP contribution in [0.4, 0.5) is 13.2 Å². The summed E-state index contributed by atoms with van der Waals surface area (Å²) in [5.41, 5.74) is -0.368. The van der Waals surface area contributed by atoms with Gasteiger partial charge in [-0.2, -0.15) is 13.2 Å². The number of hydrogen-bond donors (Lipinski definition) is 1. The van der Waals surface area contributed by atoms with Crippen LogP contribution in [0.1, 0.15) is 16.1 Å². The molecule has 2 heterocycles. The molecule has 0 amide bonds. The molecule has 0 saturated heterocycles. The molecule has 1 N–H and O–H groups in total. The summed E-state index contributed by atoms with van der Waals surface area (Å²) in [5.74, 6) is -3.30. The van der Waals surface area contributed by atoms with Crippen LogP contribution in [0.5, 0.6) is 0 Å². The molecular weight excluding hydrogens is 243 g/mol. The predicted octanol–water partition coefficient (Wildman–Crippen LogP) is 2.65. The van der Waals surface area contributed by atoms with Crippen molar-refractivity contribution in [2.24, 2.45) is 0 Å². The van der Waals surface area contributed by atoms with Crippen LogP contribution in [0.15, 0.2) is 27.3 Å². The maximum absolute atomic E-state index is 12.2. The molecule has 0 aromatic carbocycles. The van der Waals surface area contributed by atoms with Gasteiger partial charge >= 0.3 is 12.1 Å². The fraction of sp³-hybridized carbons (Fsp3) is 0.111. The minimum absolute atomic E-state index is 0.341. The molecule has 0 radical (unpaired) electrons. The van der Waals surface area contributed by atoms with Gasteiger partial charge in [0, 0.05) is 0 Å². The van der Waals surface area contributed by atoms with Crippen molar-refractivity contribution in [1.29, 1.82) is 0 Å². The van der Waals surface area contributed by atoms with E-state index in [0.717, 1.165) is 12.3 Å². The number of furan rings is 1. The molecule has 5 nitrogen and oxygen atoms in total. The normalized spacial score (nSPS) is 11.7. The van der Waals surface area contributed by atoms with Crippen molar-refractivity contribution in [3.63, 3.8) is 0 Å². The fourth-order valence-corrected chi connectivity index (χ4v) is 1.18. The summed E-state index contributed by atoms with van der Waals surface area (Å²) in [7, 11) is 0. The standard InChI is InChI=1S/C9H4F3NO4/c10-9(11,12)6-2-1-5(16-6)7-4(8(14)15)3-13-17-7/h1-3H,(H,14,15). The van der Waals surface area contributed by atoms with E-state index in [1.165, 1.54) is 0 Å². The smallest absolute Gasteiger partial charge is 0.449 e. The van der Waals surface area contributed by atoms with Crippen molar-refractivity contribution in [1.82, 2.24) is 5.16 Å². The number of carboxylic acids is 1. The topological polar surface area (TPSA) is 76.5 Å². The average molecular weight is 247 g/mol. The molecule has 0 unspecified atom stereocenters. The summed E-state index contributed by atoms with van der Waals surface area (Å²) in [6.45, 7) is 0. The van der Waals surface area contributed by atoms with Gasteiger partial charge in [0.25, 0.3) is 0 Å². The second-order valence-electron chi connectivity index (χ2n) is 3.04. The minimum atomic E-state index is -4.64. The number of aromatic nitrogens is 1. The van der Waals surface area contributed by atoms with Crippen molar-refractivity contribution >= 4 is 5.97 Å². The summed E-state index contributed by atoms with van der Waals surface area (Å²) >= 11 is 0. The Morgan fingerprint density at radius 3 is 2.59 bits per heavy atom. The third kappa shape index (κ3) is 2.01. The summed E-state index contributed by atoms with van der Waals surface area (Å²) in [5, 5.41) is 11.9. The van der Waals surface area contributed by atoms with Gasteiger partial charge < -0.3 is 14.0 Å². The van der Waals surface area contributed by atoms with Crippen molar-refractivity contribution in [2.75, 3.05) is 0 Å². The van der Waals surface area contributed by atoms with Gasteiger partial charge in [0.15, 0.2) is 5.76 Å². The van der Waals surface area contributed by atoms with E-state index in [1.807, 2.05) is 0 Å². The Balaban J connectivity index is 2.44. The van der Waals surface area contributed by atoms with Crippen LogP contribution >= 0.6 is 0 Å². The van der Waals surface area contributed by atoms with Gasteiger partial charge in [0.05, 0.1) is 6.20 Å². The van der Waals surface area contributed by atoms with E-state index in [2.05, 4.69) is 14.1 Å². The lowest BCUT2D eigenvalue weighted by atomic mass is 10.2. The van der Waals surface area contributed by atoms with Gasteiger partial charge in [-0.1, -0.05) is 5.16 Å². The molecule has 2 aromatic rings. The number of alkyl halides is 3. The van der Waals surface area contributed by atoms with E-state index in [-0.39, 0.29) is 17.1 Å². The Kier molecular flexibility index (Phi) is 2.41. The van der Waals surface area contributed by atoms with E-state index in [9.17, 15) is 18.0 Å². The van der Waals surface area contributed by atoms with E-state index >= 15 is 0 Å². The van der Waals surface area contributed by atoms with Crippen molar-refractivity contribution < 1.29 is 32.0 Å². The molecule has 0 aliphatic heterocycles. The molecule has 0 spiro atoms. The first kappa shape index (κ1) is 11.2. The van der Waals surface area contributed by atoms with Gasteiger partial charge in [-0.15, -0.1) is 0 Å². The monoisotopic (exact) mass is 247 g/mol. The Morgan fingerprint density at radius 1 is 1.35 bits per heavy atom. The first-order valence-electron chi connectivity index (χ1n) is 4.25. The lowest BCUT2D eigenvalue weighted by Crippen LogP contribution is -2.02. The largest absolute Gasteiger partial charge is 0.477 e. The fourth-order valence-electron chi connectivity index (χ4n) is 1.18. The number of carbonyl (C=O) groups is 1. The van der Waals surface area contributed by atoms with Gasteiger partial charge in [0.1, 0.15) is 5.56 Å². The Morgan fingerprint density at radius 2 is 2.06 bits per heavy atom. The average Bonchev–Trinajstić information content (AvgIpc) is 2.85. The molecule has 2 aromatic heterocycles. The van der Waals surface area contributed by atoms with Crippen LogP contribution in [-0.4, -0.2) is 16.2 Å². The van der Waals surface area contributed by atoms with Crippen LogP contribution < -0.4 is 0 Å².